The number of aromatic nitrogens is 3. The van der Waals surface area contributed by atoms with Gasteiger partial charge in [0.05, 0.1) is 6.54 Å². The highest BCUT2D eigenvalue weighted by molar-refractivity contribution is 6.36. The zero-order valence-electron chi connectivity index (χ0n) is 24.6. The molecule has 44 heavy (non-hydrogen) atoms. The average Bonchev–Trinajstić information content (AvgIpc) is 3.50. The molecule has 1 unspecified atom stereocenters. The normalized spacial score (nSPS) is 24.2. The summed E-state index contributed by atoms with van der Waals surface area (Å²) in [5.74, 6) is -1.24. The van der Waals surface area contributed by atoms with Gasteiger partial charge in [-0.15, -0.1) is 0 Å². The number of aliphatic imine (C=N–C) groups is 1. The first kappa shape index (κ1) is 30.2. The molecule has 1 N–H and O–H groups in total. The number of guanidine groups is 1. The number of alkyl halides is 3. The Morgan fingerprint density at radius 2 is 1.95 bits per heavy atom. The van der Waals surface area contributed by atoms with Gasteiger partial charge in [0.1, 0.15) is 5.49 Å². The van der Waals surface area contributed by atoms with Crippen LogP contribution in [0.5, 0.6) is 0 Å². The van der Waals surface area contributed by atoms with Gasteiger partial charge in [-0.2, -0.15) is 23.1 Å². The van der Waals surface area contributed by atoms with Crippen LogP contribution in [-0.4, -0.2) is 69.2 Å². The first-order valence-electron chi connectivity index (χ1n) is 14.4. The fourth-order valence-corrected chi connectivity index (χ4v) is 6.07. The molecule has 0 saturated carbocycles. The Hall–Kier alpha value is -3.81. The van der Waals surface area contributed by atoms with E-state index in [-0.39, 0.29) is 33.9 Å². The minimum absolute atomic E-state index is 0.0380. The van der Waals surface area contributed by atoms with Crippen molar-refractivity contribution in [2.24, 2.45) is 9.98 Å². The van der Waals surface area contributed by atoms with Crippen molar-refractivity contribution in [3.8, 4) is 0 Å². The summed E-state index contributed by atoms with van der Waals surface area (Å²) in [5.41, 5.74) is 2.71. The monoisotopic (exact) mass is 628 g/mol. The molecule has 0 aromatic carbocycles. The van der Waals surface area contributed by atoms with Gasteiger partial charge in [0.25, 0.3) is 5.56 Å². The van der Waals surface area contributed by atoms with E-state index < -0.39 is 12.1 Å². The number of hydrogen-bond acceptors (Lipinski definition) is 9. The molecule has 2 aromatic heterocycles. The quantitative estimate of drug-likeness (QED) is 0.555. The summed E-state index contributed by atoms with van der Waals surface area (Å²) < 4.78 is 44.6. The van der Waals surface area contributed by atoms with Crippen LogP contribution >= 0.6 is 11.6 Å². The Labute approximate surface area is 256 Å². The average molecular weight is 629 g/mol. The van der Waals surface area contributed by atoms with Gasteiger partial charge in [0.15, 0.2) is 0 Å². The van der Waals surface area contributed by atoms with Crippen molar-refractivity contribution in [3.63, 3.8) is 0 Å². The van der Waals surface area contributed by atoms with Crippen molar-refractivity contribution in [3.05, 3.63) is 85.5 Å². The maximum atomic E-state index is 13.6. The van der Waals surface area contributed by atoms with Gasteiger partial charge < -0.3 is 14.7 Å². The third kappa shape index (κ3) is 5.83. The van der Waals surface area contributed by atoms with E-state index in [4.69, 9.17) is 16.6 Å². The molecule has 232 valence electrons. The van der Waals surface area contributed by atoms with E-state index in [1.165, 1.54) is 6.08 Å². The van der Waals surface area contributed by atoms with Gasteiger partial charge in [-0.05, 0) is 57.5 Å². The first-order valence-corrected chi connectivity index (χ1v) is 14.8. The summed E-state index contributed by atoms with van der Waals surface area (Å²) in [6.45, 7) is 8.97. The van der Waals surface area contributed by atoms with Crippen LogP contribution < -0.4 is 21.6 Å². The third-order valence-electron chi connectivity index (χ3n) is 8.45. The number of piperazine rings is 1. The fourth-order valence-electron chi connectivity index (χ4n) is 5.77. The summed E-state index contributed by atoms with van der Waals surface area (Å²) in [4.78, 5) is 31.3. The number of likely N-dealkylation sites (N-methyl/N-ethyl adjacent to an activating group) is 1. The van der Waals surface area contributed by atoms with Crippen LogP contribution in [0.25, 0.3) is 11.1 Å². The van der Waals surface area contributed by atoms with Gasteiger partial charge in [-0.25, -0.2) is 4.99 Å². The van der Waals surface area contributed by atoms with Crippen LogP contribution in [0.2, 0.25) is 0 Å². The molecule has 1 atom stereocenters. The molecule has 0 amide bonds. The number of halogens is 4. The molecule has 2 aliphatic carbocycles. The molecule has 1 fully saturated rings. The molecule has 10 nitrogen and oxygen atoms in total. The molecular weight excluding hydrogens is 597 g/mol. The molecule has 6 rings (SSSR count). The maximum absolute atomic E-state index is 13.6. The highest BCUT2D eigenvalue weighted by Crippen LogP contribution is 2.33. The molecule has 14 heteroatoms. The van der Waals surface area contributed by atoms with E-state index in [2.05, 4.69) is 67.0 Å². The molecule has 1 saturated heterocycles. The number of hydrogen-bond donors (Lipinski definition) is 1. The number of fused-ring (bicyclic) bond motifs is 1. The van der Waals surface area contributed by atoms with E-state index in [1.807, 2.05) is 6.92 Å². The summed E-state index contributed by atoms with van der Waals surface area (Å²) >= 11 is 6.56. The van der Waals surface area contributed by atoms with Gasteiger partial charge >= 0.3 is 12.1 Å². The van der Waals surface area contributed by atoms with E-state index in [0.717, 1.165) is 43.9 Å². The van der Waals surface area contributed by atoms with Crippen LogP contribution in [0.15, 0.2) is 66.5 Å². The Morgan fingerprint density at radius 3 is 2.59 bits per heavy atom. The van der Waals surface area contributed by atoms with E-state index in [1.54, 1.807) is 16.7 Å². The lowest BCUT2D eigenvalue weighted by molar-refractivity contribution is -0.159. The zero-order valence-corrected chi connectivity index (χ0v) is 25.3. The fraction of sp³-hybridized carbons (Fsp3) is 0.433. The second-order valence-corrected chi connectivity index (χ2v) is 11.8. The second kappa shape index (κ2) is 11.6. The van der Waals surface area contributed by atoms with Crippen molar-refractivity contribution in [2.75, 3.05) is 33.2 Å². The van der Waals surface area contributed by atoms with Crippen molar-refractivity contribution >= 4 is 28.7 Å². The lowest BCUT2D eigenvalue weighted by atomic mass is 9.89. The highest BCUT2D eigenvalue weighted by Gasteiger charge is 2.39. The Morgan fingerprint density at radius 1 is 1.18 bits per heavy atom. The SMILES string of the molecule is CCn1c2c(cc(=C3CC=C(c4noc(C(F)(F)F)n4)C=C3Cl)c1=O)CN=C(NC1=CCC(C)(N3CCN(C)CC3)C=C1)N=2. The van der Waals surface area contributed by atoms with Crippen LogP contribution in [0.4, 0.5) is 13.2 Å². The topological polar surface area (TPSA) is 104 Å². The third-order valence-corrected chi connectivity index (χ3v) is 8.79. The number of pyridine rings is 1. The number of nitrogens with one attached hydrogen (secondary N) is 1. The molecule has 4 aliphatic rings. The Kier molecular flexibility index (Phi) is 7.97. The lowest BCUT2D eigenvalue weighted by Gasteiger charge is -2.44. The largest absolute Gasteiger partial charge is 0.471 e. The molecular formula is C30H32ClF3N8O2. The summed E-state index contributed by atoms with van der Waals surface area (Å²) in [7, 11) is 2.15. The smallest absolute Gasteiger partial charge is 0.329 e. The number of rotatable bonds is 4. The zero-order chi connectivity index (χ0) is 31.2. The van der Waals surface area contributed by atoms with Crippen molar-refractivity contribution in [2.45, 2.75) is 51.5 Å². The standard InChI is InChI=1S/C30H32ClF3N8O2/c1-4-42-25-19(17-35-28(38-25)36-20-7-9-29(2,10-8-20)41-13-11-40(3)12-14-41)15-22(26(42)43)21-6-5-18(16-23(21)31)24-37-27(44-39-24)30(32,33)34/h5,7-9,15-16H,4,6,10-14,17H2,1-3H3,(H,35,36). The molecule has 0 bridgehead atoms. The molecule has 0 radical (unpaired) electrons. The summed E-state index contributed by atoms with van der Waals surface area (Å²) in [6, 6.07) is 1.75. The predicted molar refractivity (Wildman–Crippen MR) is 160 cm³/mol. The van der Waals surface area contributed by atoms with Crippen LogP contribution in [-0.2, 0) is 19.3 Å². The second-order valence-electron chi connectivity index (χ2n) is 11.4. The Balaban J connectivity index is 1.24. The van der Waals surface area contributed by atoms with Gasteiger partial charge in [-0.3, -0.25) is 14.3 Å². The van der Waals surface area contributed by atoms with Gasteiger partial charge in [-0.1, -0.05) is 35.0 Å². The number of nitrogens with zero attached hydrogens (tertiary/aromatic N) is 7. The van der Waals surface area contributed by atoms with Crippen molar-refractivity contribution in [1.82, 2.24) is 29.8 Å². The predicted octanol–water partition coefficient (Wildman–Crippen LogP) is 2.96. The lowest BCUT2D eigenvalue weighted by Crippen LogP contribution is -2.54. The van der Waals surface area contributed by atoms with Crippen LogP contribution in [0.1, 0.15) is 44.0 Å². The number of allylic oxidation sites excluding steroid dienone is 5. The highest BCUT2D eigenvalue weighted by atomic mass is 35.5. The van der Waals surface area contributed by atoms with E-state index >= 15 is 0 Å². The van der Waals surface area contributed by atoms with E-state index in [9.17, 15) is 18.0 Å². The minimum atomic E-state index is -4.75. The Bertz CT molecular complexity index is 1830. The summed E-state index contributed by atoms with van der Waals surface area (Å²) in [6.07, 6.45) is 5.82. The van der Waals surface area contributed by atoms with E-state index in [0.29, 0.717) is 35.3 Å². The maximum Gasteiger partial charge on any atom is 0.471 e. The molecule has 2 aromatic rings. The van der Waals surface area contributed by atoms with Gasteiger partial charge in [0, 0.05) is 65.3 Å². The van der Waals surface area contributed by atoms with Crippen molar-refractivity contribution in [1.29, 1.82) is 0 Å². The first-order chi connectivity index (χ1) is 20.9. The molecule has 0 spiro atoms. The van der Waals surface area contributed by atoms with Crippen molar-refractivity contribution < 1.29 is 17.7 Å². The molecule has 2 aliphatic heterocycles. The minimum Gasteiger partial charge on any atom is -0.329 e. The molecule has 4 heterocycles. The van der Waals surface area contributed by atoms with Crippen LogP contribution in [0, 0.1) is 0 Å². The van der Waals surface area contributed by atoms with Gasteiger partial charge in [0.2, 0.25) is 11.8 Å². The summed E-state index contributed by atoms with van der Waals surface area (Å²) in [5, 5.41) is 7.33. The van der Waals surface area contributed by atoms with Crippen LogP contribution in [0.3, 0.4) is 0 Å².